The van der Waals surface area contributed by atoms with Gasteiger partial charge in [0.15, 0.2) is 0 Å². The maximum atomic E-state index is 12.3. The molecule has 8 nitrogen and oxygen atoms in total. The van der Waals surface area contributed by atoms with Crippen molar-refractivity contribution < 1.29 is 19.5 Å². The number of amides is 2. The lowest BCUT2D eigenvalue weighted by Gasteiger charge is -2.31. The quantitative estimate of drug-likeness (QED) is 0.700. The molecule has 0 unspecified atom stereocenters. The van der Waals surface area contributed by atoms with E-state index in [-0.39, 0.29) is 23.6 Å². The van der Waals surface area contributed by atoms with Crippen LogP contribution in [0.4, 0.5) is 5.69 Å². The highest BCUT2D eigenvalue weighted by atomic mass is 16.4. The number of para-hydroxylation sites is 1. The van der Waals surface area contributed by atoms with Crippen molar-refractivity contribution in [1.82, 2.24) is 15.2 Å². The fourth-order valence-electron chi connectivity index (χ4n) is 3.08. The van der Waals surface area contributed by atoms with Gasteiger partial charge in [0.2, 0.25) is 5.91 Å². The van der Waals surface area contributed by atoms with Gasteiger partial charge in [-0.25, -0.2) is 9.78 Å². The molecule has 0 radical (unpaired) electrons. The van der Waals surface area contributed by atoms with Crippen LogP contribution >= 0.6 is 0 Å². The number of carbonyl (C=O) groups excluding carboxylic acids is 2. The molecule has 2 aromatic rings. The van der Waals surface area contributed by atoms with Crippen LogP contribution < -0.4 is 10.6 Å². The van der Waals surface area contributed by atoms with E-state index in [2.05, 4.69) is 20.5 Å². The molecule has 1 aliphatic heterocycles. The number of aromatic carboxylic acids is 1. The summed E-state index contributed by atoms with van der Waals surface area (Å²) in [6, 6.07) is 12.1. The Labute approximate surface area is 162 Å². The number of carboxylic acid groups (broad SMARTS) is 1. The molecule has 0 aliphatic carbocycles. The third kappa shape index (κ3) is 5.37. The van der Waals surface area contributed by atoms with Crippen LogP contribution in [0.15, 0.2) is 48.7 Å². The summed E-state index contributed by atoms with van der Waals surface area (Å²) < 4.78 is 0. The lowest BCUT2D eigenvalue weighted by atomic mass is 10.0. The third-order valence-electron chi connectivity index (χ3n) is 4.59. The second kappa shape index (κ2) is 9.09. The molecular weight excluding hydrogens is 360 g/mol. The molecule has 1 aliphatic rings. The van der Waals surface area contributed by atoms with Crippen molar-refractivity contribution in [3.63, 3.8) is 0 Å². The van der Waals surface area contributed by atoms with Gasteiger partial charge >= 0.3 is 5.97 Å². The van der Waals surface area contributed by atoms with Crippen molar-refractivity contribution in [1.29, 1.82) is 0 Å². The summed E-state index contributed by atoms with van der Waals surface area (Å²) in [5.41, 5.74) is 1.01. The first-order valence-corrected chi connectivity index (χ1v) is 9.09. The summed E-state index contributed by atoms with van der Waals surface area (Å²) in [4.78, 5) is 41.0. The molecule has 28 heavy (non-hydrogen) atoms. The average molecular weight is 382 g/mol. The van der Waals surface area contributed by atoms with Crippen LogP contribution in [-0.4, -0.2) is 58.5 Å². The zero-order valence-corrected chi connectivity index (χ0v) is 15.3. The molecule has 2 heterocycles. The first-order valence-electron chi connectivity index (χ1n) is 9.09. The molecule has 0 spiro atoms. The van der Waals surface area contributed by atoms with Gasteiger partial charge in [-0.2, -0.15) is 0 Å². The summed E-state index contributed by atoms with van der Waals surface area (Å²) in [5, 5.41) is 14.7. The Bertz CT molecular complexity index is 831. The minimum Gasteiger partial charge on any atom is -0.477 e. The van der Waals surface area contributed by atoms with E-state index < -0.39 is 5.97 Å². The maximum absolute atomic E-state index is 12.3. The van der Waals surface area contributed by atoms with Gasteiger partial charge in [-0.05, 0) is 37.1 Å². The van der Waals surface area contributed by atoms with E-state index >= 15 is 0 Å². The van der Waals surface area contributed by atoms with E-state index in [0.717, 1.165) is 18.5 Å². The summed E-state index contributed by atoms with van der Waals surface area (Å²) in [5.74, 6) is -1.46. The number of carboxylic acids is 1. The van der Waals surface area contributed by atoms with Crippen LogP contribution in [0.1, 0.15) is 33.7 Å². The second-order valence-corrected chi connectivity index (χ2v) is 6.68. The van der Waals surface area contributed by atoms with Crippen LogP contribution in [0.2, 0.25) is 0 Å². The molecule has 3 rings (SSSR count). The molecule has 1 fully saturated rings. The van der Waals surface area contributed by atoms with Crippen LogP contribution in [0, 0.1) is 0 Å². The van der Waals surface area contributed by atoms with Crippen LogP contribution in [0.5, 0.6) is 0 Å². The first-order chi connectivity index (χ1) is 13.5. The van der Waals surface area contributed by atoms with Gasteiger partial charge in [0.25, 0.3) is 5.91 Å². The van der Waals surface area contributed by atoms with Gasteiger partial charge in [0, 0.05) is 31.0 Å². The SMILES string of the molecule is O=C(CN1CCC(NC(=O)c2ccc(C(=O)O)nc2)CC1)Nc1ccccc1. The number of anilines is 1. The lowest BCUT2D eigenvalue weighted by molar-refractivity contribution is -0.117. The standard InChI is InChI=1S/C20H22N4O4/c25-18(22-15-4-2-1-3-5-15)13-24-10-8-16(9-11-24)23-19(26)14-6-7-17(20(27)28)21-12-14/h1-7,12,16H,8-11,13H2,(H,22,25)(H,23,26)(H,27,28). The van der Waals surface area contributed by atoms with E-state index in [1.54, 1.807) is 0 Å². The van der Waals surface area contributed by atoms with Crippen molar-refractivity contribution in [2.24, 2.45) is 0 Å². The third-order valence-corrected chi connectivity index (χ3v) is 4.59. The highest BCUT2D eigenvalue weighted by Crippen LogP contribution is 2.12. The molecule has 146 valence electrons. The molecule has 0 bridgehead atoms. The van der Waals surface area contributed by atoms with Crippen LogP contribution in [0.25, 0.3) is 0 Å². The highest BCUT2D eigenvalue weighted by molar-refractivity contribution is 5.95. The Kier molecular flexibility index (Phi) is 6.33. The van der Waals surface area contributed by atoms with E-state index in [1.165, 1.54) is 18.3 Å². The molecule has 0 saturated carbocycles. The first kappa shape index (κ1) is 19.5. The van der Waals surface area contributed by atoms with Crippen LogP contribution in [0.3, 0.4) is 0 Å². The van der Waals surface area contributed by atoms with Crippen molar-refractivity contribution >= 4 is 23.5 Å². The molecule has 1 saturated heterocycles. The number of carbonyl (C=O) groups is 3. The Morgan fingerprint density at radius 3 is 2.39 bits per heavy atom. The molecule has 1 aromatic carbocycles. The summed E-state index contributed by atoms with van der Waals surface area (Å²) in [6.45, 7) is 1.74. The number of aromatic nitrogens is 1. The van der Waals surface area contributed by atoms with Gasteiger partial charge < -0.3 is 15.7 Å². The lowest BCUT2D eigenvalue weighted by Crippen LogP contribution is -2.46. The molecule has 0 atom stereocenters. The number of hydrogen-bond acceptors (Lipinski definition) is 5. The molecule has 3 N–H and O–H groups in total. The average Bonchev–Trinajstić information content (AvgIpc) is 2.70. The topological polar surface area (TPSA) is 112 Å². The molecular formula is C20H22N4O4. The van der Waals surface area contributed by atoms with E-state index in [9.17, 15) is 14.4 Å². The Balaban J connectivity index is 1.43. The summed E-state index contributed by atoms with van der Waals surface area (Å²) in [7, 11) is 0. The van der Waals surface area contributed by atoms with Crippen molar-refractivity contribution in [2.45, 2.75) is 18.9 Å². The summed E-state index contributed by atoms with van der Waals surface area (Å²) >= 11 is 0. The number of piperidine rings is 1. The van der Waals surface area contributed by atoms with Gasteiger partial charge in [-0.15, -0.1) is 0 Å². The number of pyridine rings is 1. The largest absolute Gasteiger partial charge is 0.477 e. The molecule has 8 heteroatoms. The predicted molar refractivity (Wildman–Crippen MR) is 103 cm³/mol. The molecule has 1 aromatic heterocycles. The Morgan fingerprint density at radius 2 is 1.79 bits per heavy atom. The molecule has 2 amide bonds. The van der Waals surface area contributed by atoms with E-state index in [1.807, 2.05) is 30.3 Å². The predicted octanol–water partition coefficient (Wildman–Crippen LogP) is 1.61. The van der Waals surface area contributed by atoms with Crippen molar-refractivity contribution in [2.75, 3.05) is 25.0 Å². The normalized spacial score (nSPS) is 15.0. The monoisotopic (exact) mass is 382 g/mol. The van der Waals surface area contributed by atoms with Gasteiger partial charge in [-0.1, -0.05) is 18.2 Å². The number of benzene rings is 1. The summed E-state index contributed by atoms with van der Waals surface area (Å²) in [6.07, 6.45) is 2.75. The number of hydrogen-bond donors (Lipinski definition) is 3. The second-order valence-electron chi connectivity index (χ2n) is 6.68. The zero-order valence-electron chi connectivity index (χ0n) is 15.3. The zero-order chi connectivity index (χ0) is 19.9. The smallest absolute Gasteiger partial charge is 0.354 e. The maximum Gasteiger partial charge on any atom is 0.354 e. The number of nitrogens with zero attached hydrogens (tertiary/aromatic N) is 2. The number of rotatable bonds is 6. The van der Waals surface area contributed by atoms with Gasteiger partial charge in [-0.3, -0.25) is 14.5 Å². The fraction of sp³-hybridized carbons (Fsp3) is 0.300. The van der Waals surface area contributed by atoms with E-state index in [4.69, 9.17) is 5.11 Å². The highest BCUT2D eigenvalue weighted by Gasteiger charge is 2.22. The van der Waals surface area contributed by atoms with Crippen LogP contribution in [-0.2, 0) is 4.79 Å². The number of likely N-dealkylation sites (tertiary alicyclic amines) is 1. The number of nitrogens with one attached hydrogen (secondary N) is 2. The fourth-order valence-corrected chi connectivity index (χ4v) is 3.08. The minimum atomic E-state index is -1.13. The van der Waals surface area contributed by atoms with Crippen molar-refractivity contribution in [3.8, 4) is 0 Å². The van der Waals surface area contributed by atoms with Gasteiger partial charge in [0.1, 0.15) is 5.69 Å². The minimum absolute atomic E-state index is 0.0140. The Hall–Kier alpha value is -3.26. The Morgan fingerprint density at radius 1 is 1.07 bits per heavy atom. The van der Waals surface area contributed by atoms with Crippen molar-refractivity contribution in [3.05, 3.63) is 59.9 Å². The van der Waals surface area contributed by atoms with E-state index in [0.29, 0.717) is 25.2 Å². The van der Waals surface area contributed by atoms with Gasteiger partial charge in [0.05, 0.1) is 12.1 Å².